The van der Waals surface area contributed by atoms with Crippen LogP contribution in [0.25, 0.3) is 0 Å². The van der Waals surface area contributed by atoms with Crippen LogP contribution in [0.4, 0.5) is 0 Å². The van der Waals surface area contributed by atoms with E-state index in [0.717, 1.165) is 26.0 Å². The van der Waals surface area contributed by atoms with E-state index in [9.17, 15) is 4.79 Å². The third-order valence-electron chi connectivity index (χ3n) is 4.76. The predicted octanol–water partition coefficient (Wildman–Crippen LogP) is 2.79. The van der Waals surface area contributed by atoms with Crippen molar-refractivity contribution in [2.75, 3.05) is 13.2 Å². The highest BCUT2D eigenvalue weighted by atomic mass is 16.5. The van der Waals surface area contributed by atoms with Gasteiger partial charge < -0.3 is 10.1 Å². The fraction of sp³-hybridized carbons (Fsp3) is 0.588. The van der Waals surface area contributed by atoms with Crippen LogP contribution < -0.4 is 5.32 Å². The summed E-state index contributed by atoms with van der Waals surface area (Å²) in [5.41, 5.74) is 1.54. The molecule has 1 aliphatic heterocycles. The number of nitrogens with one attached hydrogen (secondary N) is 1. The SMILES string of the molecule is O=C(C[C@@H]1CCCO1)NCC1(c2ccccc2)CCC1. The van der Waals surface area contributed by atoms with E-state index in [1.54, 1.807) is 0 Å². The number of rotatable bonds is 5. The van der Waals surface area contributed by atoms with Gasteiger partial charge in [0.05, 0.1) is 12.5 Å². The molecule has 20 heavy (non-hydrogen) atoms. The van der Waals surface area contributed by atoms with Crippen molar-refractivity contribution in [2.45, 2.75) is 50.0 Å². The molecule has 0 bridgehead atoms. The molecule has 1 aliphatic carbocycles. The van der Waals surface area contributed by atoms with Crippen LogP contribution in [0.15, 0.2) is 30.3 Å². The van der Waals surface area contributed by atoms with Crippen molar-refractivity contribution in [1.29, 1.82) is 0 Å². The molecule has 2 aliphatic rings. The Morgan fingerprint density at radius 3 is 2.65 bits per heavy atom. The summed E-state index contributed by atoms with van der Waals surface area (Å²) in [6.45, 7) is 1.58. The normalized spacial score (nSPS) is 24.1. The van der Waals surface area contributed by atoms with Gasteiger partial charge in [0.25, 0.3) is 0 Å². The summed E-state index contributed by atoms with van der Waals surface area (Å²) in [6, 6.07) is 10.6. The summed E-state index contributed by atoms with van der Waals surface area (Å²) >= 11 is 0. The van der Waals surface area contributed by atoms with Gasteiger partial charge in [0.2, 0.25) is 5.91 Å². The smallest absolute Gasteiger partial charge is 0.222 e. The van der Waals surface area contributed by atoms with Gasteiger partial charge >= 0.3 is 0 Å². The second-order valence-electron chi connectivity index (χ2n) is 6.12. The topological polar surface area (TPSA) is 38.3 Å². The minimum absolute atomic E-state index is 0.138. The molecule has 1 aromatic rings. The number of hydrogen-bond donors (Lipinski definition) is 1. The zero-order valence-electron chi connectivity index (χ0n) is 11.9. The van der Waals surface area contributed by atoms with Crippen LogP contribution in [-0.4, -0.2) is 25.2 Å². The Labute approximate surface area is 120 Å². The molecular formula is C17H23NO2. The molecule has 108 valence electrons. The lowest BCUT2D eigenvalue weighted by atomic mass is 9.64. The minimum atomic E-state index is 0.138. The fourth-order valence-corrected chi connectivity index (χ4v) is 3.31. The third kappa shape index (κ3) is 2.88. The number of amides is 1. The summed E-state index contributed by atoms with van der Waals surface area (Å²) in [6.07, 6.45) is 6.39. The summed E-state index contributed by atoms with van der Waals surface area (Å²) in [4.78, 5) is 12.0. The number of benzene rings is 1. The molecule has 1 amide bonds. The van der Waals surface area contributed by atoms with Gasteiger partial charge in [0.1, 0.15) is 0 Å². The van der Waals surface area contributed by atoms with Crippen LogP contribution in [0.2, 0.25) is 0 Å². The maximum atomic E-state index is 12.0. The number of ether oxygens (including phenoxy) is 1. The van der Waals surface area contributed by atoms with Gasteiger partial charge in [0, 0.05) is 18.6 Å². The Morgan fingerprint density at radius 2 is 2.05 bits per heavy atom. The van der Waals surface area contributed by atoms with Crippen LogP contribution >= 0.6 is 0 Å². The number of carbonyl (C=O) groups is 1. The molecule has 0 unspecified atom stereocenters. The summed E-state index contributed by atoms with van der Waals surface area (Å²) in [7, 11) is 0. The Balaban J connectivity index is 1.54. The summed E-state index contributed by atoms with van der Waals surface area (Å²) in [5, 5.41) is 3.13. The highest BCUT2D eigenvalue weighted by molar-refractivity contribution is 5.76. The highest BCUT2D eigenvalue weighted by Gasteiger charge is 2.38. The van der Waals surface area contributed by atoms with Crippen LogP contribution in [0.3, 0.4) is 0 Å². The van der Waals surface area contributed by atoms with Crippen LogP contribution in [0.5, 0.6) is 0 Å². The van der Waals surface area contributed by atoms with Crippen molar-refractivity contribution in [3.8, 4) is 0 Å². The first-order valence-corrected chi connectivity index (χ1v) is 7.72. The second-order valence-corrected chi connectivity index (χ2v) is 6.12. The van der Waals surface area contributed by atoms with Gasteiger partial charge in [-0.1, -0.05) is 36.8 Å². The Morgan fingerprint density at radius 1 is 1.25 bits per heavy atom. The van der Waals surface area contributed by atoms with Crippen molar-refractivity contribution in [3.05, 3.63) is 35.9 Å². The van der Waals surface area contributed by atoms with Crippen LogP contribution in [-0.2, 0) is 14.9 Å². The number of hydrogen-bond acceptors (Lipinski definition) is 2. The Hall–Kier alpha value is -1.35. The summed E-state index contributed by atoms with van der Waals surface area (Å²) < 4.78 is 5.52. The monoisotopic (exact) mass is 273 g/mol. The first-order chi connectivity index (χ1) is 9.78. The largest absolute Gasteiger partial charge is 0.378 e. The van der Waals surface area contributed by atoms with E-state index in [1.807, 2.05) is 6.07 Å². The van der Waals surface area contributed by atoms with Crippen molar-refractivity contribution in [3.63, 3.8) is 0 Å². The van der Waals surface area contributed by atoms with Gasteiger partial charge in [0.15, 0.2) is 0 Å². The highest BCUT2D eigenvalue weighted by Crippen LogP contribution is 2.43. The van der Waals surface area contributed by atoms with Crippen LogP contribution in [0.1, 0.15) is 44.1 Å². The molecule has 1 N–H and O–H groups in total. The first kappa shape index (κ1) is 13.6. The zero-order valence-corrected chi connectivity index (χ0v) is 11.9. The molecule has 2 fully saturated rings. The van der Waals surface area contributed by atoms with Crippen molar-refractivity contribution in [1.82, 2.24) is 5.32 Å². The molecule has 1 saturated heterocycles. The lowest BCUT2D eigenvalue weighted by molar-refractivity contribution is -0.123. The number of carbonyl (C=O) groups excluding carboxylic acids is 1. The fourth-order valence-electron chi connectivity index (χ4n) is 3.31. The average Bonchev–Trinajstić information content (AvgIpc) is 2.91. The lowest BCUT2D eigenvalue weighted by Gasteiger charge is -2.42. The van der Waals surface area contributed by atoms with Crippen molar-refractivity contribution < 1.29 is 9.53 Å². The van der Waals surface area contributed by atoms with Gasteiger partial charge in [-0.3, -0.25) is 4.79 Å². The van der Waals surface area contributed by atoms with E-state index < -0.39 is 0 Å². The maximum Gasteiger partial charge on any atom is 0.222 e. The van der Waals surface area contributed by atoms with Gasteiger partial charge in [-0.25, -0.2) is 0 Å². The molecule has 3 heteroatoms. The molecule has 1 heterocycles. The molecule has 1 atom stereocenters. The molecule has 0 aromatic heterocycles. The lowest BCUT2D eigenvalue weighted by Crippen LogP contribution is -2.46. The van der Waals surface area contributed by atoms with E-state index in [0.29, 0.717) is 6.42 Å². The van der Waals surface area contributed by atoms with Crippen molar-refractivity contribution >= 4 is 5.91 Å². The second kappa shape index (κ2) is 5.96. The van der Waals surface area contributed by atoms with Crippen molar-refractivity contribution in [2.24, 2.45) is 0 Å². The predicted molar refractivity (Wildman–Crippen MR) is 78.6 cm³/mol. The first-order valence-electron chi connectivity index (χ1n) is 7.72. The molecule has 3 nitrogen and oxygen atoms in total. The van der Waals surface area contributed by atoms with Gasteiger partial charge in [-0.05, 0) is 31.2 Å². The third-order valence-corrected chi connectivity index (χ3v) is 4.76. The molecule has 1 saturated carbocycles. The summed E-state index contributed by atoms with van der Waals surface area (Å²) in [5.74, 6) is 0.138. The zero-order chi connectivity index (χ0) is 13.8. The van der Waals surface area contributed by atoms with E-state index >= 15 is 0 Å². The maximum absolute atomic E-state index is 12.0. The quantitative estimate of drug-likeness (QED) is 0.896. The van der Waals surface area contributed by atoms with E-state index in [4.69, 9.17) is 4.74 Å². The Bertz CT molecular complexity index is 447. The van der Waals surface area contributed by atoms with E-state index in [1.165, 1.54) is 24.8 Å². The molecule has 3 rings (SSSR count). The molecule has 0 radical (unpaired) electrons. The van der Waals surface area contributed by atoms with Gasteiger partial charge in [-0.15, -0.1) is 0 Å². The molecule has 1 aromatic carbocycles. The molecule has 0 spiro atoms. The average molecular weight is 273 g/mol. The van der Waals surface area contributed by atoms with Gasteiger partial charge in [-0.2, -0.15) is 0 Å². The van der Waals surface area contributed by atoms with E-state index in [-0.39, 0.29) is 17.4 Å². The minimum Gasteiger partial charge on any atom is -0.378 e. The Kier molecular flexibility index (Phi) is 4.06. The standard InChI is InChI=1S/C17H23NO2/c19-16(12-15-8-4-11-20-15)18-13-17(9-5-10-17)14-6-2-1-3-7-14/h1-3,6-7,15H,4-5,8-13H2,(H,18,19)/t15-/m0/s1. The molecular weight excluding hydrogens is 250 g/mol. The van der Waals surface area contributed by atoms with E-state index in [2.05, 4.69) is 29.6 Å². The van der Waals surface area contributed by atoms with Crippen LogP contribution in [0, 0.1) is 0 Å².